The fourth-order valence-electron chi connectivity index (χ4n) is 3.77. The Morgan fingerprint density at radius 3 is 2.62 bits per heavy atom. The summed E-state index contributed by atoms with van der Waals surface area (Å²) in [6.45, 7) is 9.56. The van der Waals surface area contributed by atoms with Crippen molar-refractivity contribution in [2.75, 3.05) is 18.8 Å². The zero-order valence-electron chi connectivity index (χ0n) is 17.3. The Labute approximate surface area is 175 Å². The molecule has 0 aliphatic carbocycles. The molecule has 0 unspecified atom stereocenters. The van der Waals surface area contributed by atoms with E-state index in [1.807, 2.05) is 42.2 Å². The van der Waals surface area contributed by atoms with Crippen molar-refractivity contribution in [2.24, 2.45) is 5.41 Å². The van der Waals surface area contributed by atoms with Gasteiger partial charge >= 0.3 is 0 Å². The van der Waals surface area contributed by atoms with Gasteiger partial charge in [-0.05, 0) is 35.6 Å². The predicted molar refractivity (Wildman–Crippen MR) is 118 cm³/mol. The molecule has 29 heavy (non-hydrogen) atoms. The molecule has 5 nitrogen and oxygen atoms in total. The number of benzene rings is 2. The van der Waals surface area contributed by atoms with Crippen molar-refractivity contribution in [3.63, 3.8) is 0 Å². The summed E-state index contributed by atoms with van der Waals surface area (Å²) in [7, 11) is 0. The molecule has 0 spiro atoms. The molecule has 1 amide bonds. The molecule has 4 rings (SSSR count). The van der Waals surface area contributed by atoms with Gasteiger partial charge < -0.3 is 15.4 Å². The summed E-state index contributed by atoms with van der Waals surface area (Å²) in [5.41, 5.74) is 9.43. The van der Waals surface area contributed by atoms with Gasteiger partial charge in [0.05, 0.1) is 22.9 Å². The molecule has 1 aliphatic rings. The topological polar surface area (TPSA) is 68.5 Å². The lowest BCUT2D eigenvalue weighted by Gasteiger charge is -2.43. The van der Waals surface area contributed by atoms with Crippen molar-refractivity contribution >= 4 is 32.6 Å². The molecule has 1 aromatic heterocycles. The Bertz CT molecular complexity index is 1040. The Kier molecular flexibility index (Phi) is 5.09. The van der Waals surface area contributed by atoms with Gasteiger partial charge in [0.25, 0.3) is 5.91 Å². The van der Waals surface area contributed by atoms with Crippen LogP contribution in [-0.4, -0.2) is 35.0 Å². The van der Waals surface area contributed by atoms with E-state index in [9.17, 15) is 4.79 Å². The van der Waals surface area contributed by atoms with Crippen molar-refractivity contribution in [3.8, 4) is 0 Å². The van der Waals surface area contributed by atoms with Crippen LogP contribution in [0.5, 0.6) is 0 Å². The molecular formula is C23H27N3O2S. The third-order valence-corrected chi connectivity index (χ3v) is 6.31. The standard InChI is InChI=1S/C23H27N3O2S/c1-14-10-16(11-18-20(14)25-22(24)29-18)21(27)26-12-17(15-8-6-5-7-9-15)28-19(13-26)23(2,3)4/h5-11,17,19H,12-13H2,1-4H3,(H2,24,25)/t17-,19+/m0/s1. The molecule has 152 valence electrons. The first kappa shape index (κ1) is 19.9. The van der Waals surface area contributed by atoms with Crippen molar-refractivity contribution in [2.45, 2.75) is 39.9 Å². The lowest BCUT2D eigenvalue weighted by molar-refractivity contribution is -0.119. The molecule has 2 N–H and O–H groups in total. The quantitative estimate of drug-likeness (QED) is 0.659. The van der Waals surface area contributed by atoms with Gasteiger partial charge in [-0.3, -0.25) is 4.79 Å². The lowest BCUT2D eigenvalue weighted by Crippen LogP contribution is -2.51. The molecule has 0 bridgehead atoms. The maximum absolute atomic E-state index is 13.5. The van der Waals surface area contributed by atoms with Crippen LogP contribution in [-0.2, 0) is 4.74 Å². The number of carbonyl (C=O) groups is 1. The highest BCUT2D eigenvalue weighted by atomic mass is 32.1. The fraction of sp³-hybridized carbons (Fsp3) is 0.391. The largest absolute Gasteiger partial charge is 0.375 e. The second kappa shape index (κ2) is 7.43. The number of morpholine rings is 1. The molecule has 2 heterocycles. The Morgan fingerprint density at radius 2 is 1.93 bits per heavy atom. The minimum absolute atomic E-state index is 0.0282. The zero-order valence-corrected chi connectivity index (χ0v) is 18.1. The van der Waals surface area contributed by atoms with E-state index in [0.29, 0.717) is 23.8 Å². The van der Waals surface area contributed by atoms with Gasteiger partial charge in [0.15, 0.2) is 5.13 Å². The van der Waals surface area contributed by atoms with Gasteiger partial charge in [0, 0.05) is 12.1 Å². The summed E-state index contributed by atoms with van der Waals surface area (Å²) < 4.78 is 7.38. The number of aryl methyl sites for hydroxylation is 1. The second-order valence-corrected chi connectivity index (χ2v) is 9.85. The Hall–Kier alpha value is -2.44. The van der Waals surface area contributed by atoms with Crippen molar-refractivity contribution in [1.29, 1.82) is 0 Å². The number of rotatable bonds is 2. The summed E-state index contributed by atoms with van der Waals surface area (Å²) in [6.07, 6.45) is -0.184. The normalized spacial score (nSPS) is 20.2. The van der Waals surface area contributed by atoms with Gasteiger partial charge in [0.1, 0.15) is 6.10 Å². The lowest BCUT2D eigenvalue weighted by atomic mass is 9.87. The van der Waals surface area contributed by atoms with E-state index in [1.54, 1.807) is 0 Å². The van der Waals surface area contributed by atoms with E-state index < -0.39 is 0 Å². The monoisotopic (exact) mass is 409 g/mol. The van der Waals surface area contributed by atoms with Crippen LogP contribution in [0.25, 0.3) is 10.2 Å². The van der Waals surface area contributed by atoms with Crippen LogP contribution in [0.4, 0.5) is 5.13 Å². The third kappa shape index (κ3) is 4.00. The average Bonchev–Trinajstić information content (AvgIpc) is 3.08. The van der Waals surface area contributed by atoms with Crippen LogP contribution in [0.2, 0.25) is 0 Å². The van der Waals surface area contributed by atoms with Crippen LogP contribution in [0.3, 0.4) is 0 Å². The summed E-state index contributed by atoms with van der Waals surface area (Å²) in [6, 6.07) is 14.0. The number of nitrogen functional groups attached to an aromatic ring is 1. The number of ether oxygens (including phenoxy) is 1. The van der Waals surface area contributed by atoms with E-state index in [4.69, 9.17) is 10.5 Å². The van der Waals surface area contributed by atoms with E-state index in [0.717, 1.165) is 21.3 Å². The highest BCUT2D eigenvalue weighted by Gasteiger charge is 2.37. The SMILES string of the molecule is Cc1cc(C(=O)N2C[C@@H](c3ccccc3)O[C@@H](C(C)(C)C)C2)cc2sc(N)nc12. The number of anilines is 1. The van der Waals surface area contributed by atoms with E-state index in [2.05, 4.69) is 37.9 Å². The summed E-state index contributed by atoms with van der Waals surface area (Å²) >= 11 is 1.42. The van der Waals surface area contributed by atoms with Gasteiger partial charge in [-0.2, -0.15) is 0 Å². The van der Waals surface area contributed by atoms with Crippen LogP contribution in [0.1, 0.15) is 48.4 Å². The number of fused-ring (bicyclic) bond motifs is 1. The van der Waals surface area contributed by atoms with Crippen LogP contribution < -0.4 is 5.73 Å². The number of thiazole rings is 1. The predicted octanol–water partition coefficient (Wildman–Crippen LogP) is 4.82. The number of nitrogens with two attached hydrogens (primary N) is 1. The van der Waals surface area contributed by atoms with E-state index in [-0.39, 0.29) is 23.5 Å². The first-order valence-electron chi connectivity index (χ1n) is 9.88. The summed E-state index contributed by atoms with van der Waals surface area (Å²) in [4.78, 5) is 19.8. The van der Waals surface area contributed by atoms with Gasteiger partial charge in [-0.25, -0.2) is 4.98 Å². The first-order chi connectivity index (χ1) is 13.7. The number of carbonyl (C=O) groups excluding carboxylic acids is 1. The number of amides is 1. The highest BCUT2D eigenvalue weighted by molar-refractivity contribution is 7.22. The maximum Gasteiger partial charge on any atom is 0.254 e. The van der Waals surface area contributed by atoms with Crippen molar-refractivity contribution in [3.05, 3.63) is 59.2 Å². The minimum atomic E-state index is -0.137. The zero-order chi connectivity index (χ0) is 20.8. The molecule has 1 fully saturated rings. The molecule has 2 aromatic carbocycles. The number of nitrogens with zero attached hydrogens (tertiary/aromatic N) is 2. The van der Waals surface area contributed by atoms with Gasteiger partial charge in [0.2, 0.25) is 0 Å². The average molecular weight is 410 g/mol. The fourth-order valence-corrected chi connectivity index (χ4v) is 4.63. The van der Waals surface area contributed by atoms with E-state index in [1.165, 1.54) is 11.3 Å². The summed E-state index contributed by atoms with van der Waals surface area (Å²) in [5, 5.41) is 0.524. The molecule has 2 atom stereocenters. The van der Waals surface area contributed by atoms with Crippen LogP contribution in [0.15, 0.2) is 42.5 Å². The first-order valence-corrected chi connectivity index (χ1v) is 10.7. The maximum atomic E-state index is 13.5. The molecule has 3 aromatic rings. The number of hydrogen-bond donors (Lipinski definition) is 1. The van der Waals surface area contributed by atoms with Crippen LogP contribution in [0, 0.1) is 12.3 Å². The molecule has 0 radical (unpaired) electrons. The Balaban J connectivity index is 1.67. The van der Waals surface area contributed by atoms with Crippen molar-refractivity contribution < 1.29 is 9.53 Å². The summed E-state index contributed by atoms with van der Waals surface area (Å²) in [5.74, 6) is 0.0282. The minimum Gasteiger partial charge on any atom is -0.375 e. The molecule has 0 saturated carbocycles. The molecule has 1 saturated heterocycles. The third-order valence-electron chi connectivity index (χ3n) is 5.47. The molecule has 1 aliphatic heterocycles. The second-order valence-electron chi connectivity index (χ2n) is 8.79. The van der Waals surface area contributed by atoms with E-state index >= 15 is 0 Å². The molecule has 6 heteroatoms. The smallest absolute Gasteiger partial charge is 0.254 e. The number of hydrogen-bond acceptors (Lipinski definition) is 5. The highest BCUT2D eigenvalue weighted by Crippen LogP contribution is 2.35. The Morgan fingerprint density at radius 1 is 1.21 bits per heavy atom. The van der Waals surface area contributed by atoms with Crippen LogP contribution >= 0.6 is 11.3 Å². The van der Waals surface area contributed by atoms with Gasteiger partial charge in [-0.1, -0.05) is 62.4 Å². The van der Waals surface area contributed by atoms with Crippen molar-refractivity contribution in [1.82, 2.24) is 9.88 Å². The van der Waals surface area contributed by atoms with Gasteiger partial charge in [-0.15, -0.1) is 0 Å². The number of aromatic nitrogens is 1. The molecular weight excluding hydrogens is 382 g/mol.